The zero-order chi connectivity index (χ0) is 15.0. The Balaban J connectivity index is 2.32. The second-order valence-corrected chi connectivity index (χ2v) is 5.56. The van der Waals surface area contributed by atoms with Gasteiger partial charge in [0.25, 0.3) is 10.4 Å². The number of aromatic nitrogens is 6. The van der Waals surface area contributed by atoms with Crippen LogP contribution in [0.15, 0.2) is 9.53 Å². The number of ether oxygens (including phenoxy) is 1. The van der Waals surface area contributed by atoms with Crippen LogP contribution in [0.4, 0.5) is 0 Å². The molecule has 8 nitrogen and oxygen atoms in total. The average Bonchev–Trinajstić information content (AvgIpc) is 3.03. The minimum Gasteiger partial charge on any atom is -0.377 e. The number of imidazole rings is 1. The maximum atomic E-state index is 12.6. The molecule has 0 atom stereocenters. The highest BCUT2D eigenvalue weighted by molar-refractivity contribution is 9.10. The first-order valence-corrected chi connectivity index (χ1v) is 7.53. The van der Waals surface area contributed by atoms with E-state index in [2.05, 4.69) is 42.9 Å². The third-order valence-electron chi connectivity index (χ3n) is 3.27. The van der Waals surface area contributed by atoms with Crippen LogP contribution in [-0.2, 0) is 17.9 Å². The van der Waals surface area contributed by atoms with Crippen LogP contribution in [0.25, 0.3) is 16.8 Å². The smallest absolute Gasteiger partial charge is 0.377 e. The minimum absolute atomic E-state index is 0.205. The summed E-state index contributed by atoms with van der Waals surface area (Å²) in [6.07, 6.45) is 1.92. The fourth-order valence-corrected chi connectivity index (χ4v) is 2.69. The summed E-state index contributed by atoms with van der Waals surface area (Å²) >= 11 is 3.37. The molecular weight excluding hydrogens is 340 g/mol. The number of unbranched alkanes of at least 4 members (excludes halogenated alkanes) is 1. The fourth-order valence-electron chi connectivity index (χ4n) is 2.30. The number of rotatable bonds is 5. The van der Waals surface area contributed by atoms with Gasteiger partial charge in [-0.3, -0.25) is 4.98 Å². The van der Waals surface area contributed by atoms with Crippen LogP contribution in [-0.4, -0.2) is 31.3 Å². The van der Waals surface area contributed by atoms with Crippen molar-refractivity contribution in [2.75, 3.05) is 7.11 Å². The molecule has 3 aromatic rings. The molecule has 2 N–H and O–H groups in total. The number of H-pyrrole nitrogens is 2. The van der Waals surface area contributed by atoms with Gasteiger partial charge in [-0.25, -0.2) is 19.3 Å². The number of nitrogens with zero attached hydrogens (tertiary/aromatic N) is 4. The van der Waals surface area contributed by atoms with Crippen LogP contribution in [0.5, 0.6) is 0 Å². The quantitative estimate of drug-likeness (QED) is 0.688. The first-order valence-electron chi connectivity index (χ1n) is 6.73. The van der Waals surface area contributed by atoms with E-state index in [4.69, 9.17) is 4.74 Å². The average molecular weight is 356 g/mol. The van der Waals surface area contributed by atoms with E-state index in [1.54, 1.807) is 11.7 Å². The third kappa shape index (κ3) is 2.36. The lowest BCUT2D eigenvalue weighted by atomic mass is 10.3. The molecule has 0 radical (unpaired) electrons. The molecule has 0 saturated heterocycles. The largest absolute Gasteiger partial charge is 0.409 e. The summed E-state index contributed by atoms with van der Waals surface area (Å²) in [6.45, 7) is 2.98. The van der Waals surface area contributed by atoms with Gasteiger partial charge in [0.2, 0.25) is 11.2 Å². The number of fused-ring (bicyclic) bond motifs is 3. The highest BCUT2D eigenvalue weighted by Gasteiger charge is 2.22. The molecule has 0 saturated carbocycles. The van der Waals surface area contributed by atoms with E-state index >= 15 is 0 Å². The zero-order valence-corrected chi connectivity index (χ0v) is 13.4. The number of aromatic amines is 2. The van der Waals surface area contributed by atoms with Crippen LogP contribution < -0.4 is 10.7 Å². The Kier molecular flexibility index (Phi) is 3.77. The number of aryl methyl sites for hydroxylation is 1. The van der Waals surface area contributed by atoms with E-state index in [1.807, 2.05) is 0 Å². The van der Waals surface area contributed by atoms with Gasteiger partial charge in [-0.2, -0.15) is 0 Å². The zero-order valence-electron chi connectivity index (χ0n) is 11.8. The van der Waals surface area contributed by atoms with E-state index in [9.17, 15) is 4.79 Å². The van der Waals surface area contributed by atoms with Crippen molar-refractivity contribution in [1.82, 2.24) is 24.1 Å². The van der Waals surface area contributed by atoms with Crippen molar-refractivity contribution in [2.45, 2.75) is 32.9 Å². The molecule has 9 heteroatoms. The monoisotopic (exact) mass is 355 g/mol. The van der Waals surface area contributed by atoms with E-state index in [1.165, 1.54) is 4.52 Å². The van der Waals surface area contributed by atoms with Crippen LogP contribution in [0.1, 0.15) is 25.6 Å². The van der Waals surface area contributed by atoms with Crippen LogP contribution in [0.3, 0.4) is 0 Å². The molecule has 0 aliphatic heterocycles. The molecule has 0 aliphatic rings. The van der Waals surface area contributed by atoms with Gasteiger partial charge in [-0.15, -0.1) is 9.61 Å². The molecular formula is C12H16BrN6O2+. The summed E-state index contributed by atoms with van der Waals surface area (Å²) in [7, 11) is 1.57. The molecule has 0 aliphatic carbocycles. The Morgan fingerprint density at radius 1 is 1.48 bits per heavy atom. The van der Waals surface area contributed by atoms with Crippen molar-refractivity contribution >= 4 is 32.7 Å². The number of methoxy groups -OCH3 is 1. The maximum Gasteiger partial charge on any atom is 0.409 e. The molecule has 3 aromatic heterocycles. The van der Waals surface area contributed by atoms with Crippen LogP contribution >= 0.6 is 15.9 Å². The lowest BCUT2D eigenvalue weighted by Gasteiger charge is -2.00. The first kappa shape index (κ1) is 14.2. The lowest BCUT2D eigenvalue weighted by Crippen LogP contribution is -2.30. The van der Waals surface area contributed by atoms with Gasteiger partial charge in [0, 0.05) is 23.0 Å². The normalized spacial score (nSPS) is 11.8. The van der Waals surface area contributed by atoms with Gasteiger partial charge in [-0.1, -0.05) is 13.3 Å². The fraction of sp³-hybridized carbons (Fsp3) is 0.500. The van der Waals surface area contributed by atoms with E-state index < -0.39 is 0 Å². The Bertz CT molecular complexity index is 849. The van der Waals surface area contributed by atoms with Gasteiger partial charge in [0.05, 0.1) is 6.54 Å². The topological polar surface area (TPSA) is 91.4 Å². The van der Waals surface area contributed by atoms with Gasteiger partial charge in [-0.05, 0) is 6.42 Å². The predicted molar refractivity (Wildman–Crippen MR) is 79.0 cm³/mol. The Labute approximate surface area is 128 Å². The second kappa shape index (κ2) is 5.57. The predicted octanol–water partition coefficient (Wildman–Crippen LogP) is 0.895. The number of hydrogen-bond acceptors (Lipinski definition) is 4. The molecule has 0 unspecified atom stereocenters. The second-order valence-electron chi connectivity index (χ2n) is 4.77. The van der Waals surface area contributed by atoms with Gasteiger partial charge in [0.1, 0.15) is 6.61 Å². The molecule has 3 heterocycles. The SMILES string of the molecule is CCCCn1c(=O)n2nc(COC)nc2c2[nH]c(Br)[nH+]c21. The van der Waals surface area contributed by atoms with Crippen molar-refractivity contribution in [3.8, 4) is 0 Å². The van der Waals surface area contributed by atoms with Crippen LogP contribution in [0.2, 0.25) is 0 Å². The van der Waals surface area contributed by atoms with Crippen molar-refractivity contribution in [1.29, 1.82) is 0 Å². The van der Waals surface area contributed by atoms with Crippen molar-refractivity contribution in [3.05, 3.63) is 21.0 Å². The summed E-state index contributed by atoms with van der Waals surface area (Å²) in [5.41, 5.74) is 1.75. The first-order chi connectivity index (χ1) is 10.2. The molecule has 0 amide bonds. The van der Waals surface area contributed by atoms with Crippen molar-refractivity contribution < 1.29 is 9.72 Å². The Hall–Kier alpha value is -1.74. The third-order valence-corrected chi connectivity index (χ3v) is 3.66. The number of nitrogens with one attached hydrogen (secondary N) is 2. The molecule has 0 aromatic carbocycles. The molecule has 3 rings (SSSR count). The van der Waals surface area contributed by atoms with E-state index in [0.29, 0.717) is 28.4 Å². The van der Waals surface area contributed by atoms with Gasteiger partial charge < -0.3 is 4.74 Å². The molecule has 0 spiro atoms. The summed E-state index contributed by atoms with van der Waals surface area (Å²) in [6, 6.07) is 0. The summed E-state index contributed by atoms with van der Waals surface area (Å²) in [4.78, 5) is 23.2. The van der Waals surface area contributed by atoms with Crippen molar-refractivity contribution in [2.24, 2.45) is 0 Å². The van der Waals surface area contributed by atoms with Gasteiger partial charge in [0.15, 0.2) is 5.82 Å². The Morgan fingerprint density at radius 2 is 2.29 bits per heavy atom. The lowest BCUT2D eigenvalue weighted by molar-refractivity contribution is -0.364. The highest BCUT2D eigenvalue weighted by Crippen LogP contribution is 2.15. The minimum atomic E-state index is -0.205. The van der Waals surface area contributed by atoms with E-state index in [-0.39, 0.29) is 12.3 Å². The molecule has 0 bridgehead atoms. The maximum absolute atomic E-state index is 12.6. The number of hydrogen-bond donors (Lipinski definition) is 1. The molecule has 0 fully saturated rings. The summed E-state index contributed by atoms with van der Waals surface area (Å²) < 4.78 is 8.72. The number of halogens is 1. The standard InChI is InChI=1S/C12H15BrN6O2/c1-3-4-5-18-9-8(15-11(13)16-9)10-14-7(6-21-2)17-19(10)12(18)20/h3-6H2,1-2H3,(H,15,16)/p+1. The highest BCUT2D eigenvalue weighted by atomic mass is 79.9. The molecule has 112 valence electrons. The van der Waals surface area contributed by atoms with Gasteiger partial charge >= 0.3 is 5.69 Å². The molecule has 21 heavy (non-hydrogen) atoms. The summed E-state index contributed by atoms with van der Waals surface area (Å²) in [5.74, 6) is 0.481. The Morgan fingerprint density at radius 3 is 3.00 bits per heavy atom. The van der Waals surface area contributed by atoms with E-state index in [0.717, 1.165) is 18.4 Å². The summed E-state index contributed by atoms with van der Waals surface area (Å²) in [5, 5.41) is 4.23. The van der Waals surface area contributed by atoms with Crippen LogP contribution in [0, 0.1) is 0 Å². The van der Waals surface area contributed by atoms with Crippen molar-refractivity contribution in [3.63, 3.8) is 0 Å².